The lowest BCUT2D eigenvalue weighted by atomic mass is 9.97. The summed E-state index contributed by atoms with van der Waals surface area (Å²) in [5.74, 6) is 2.45. The number of halogens is 1. The summed E-state index contributed by atoms with van der Waals surface area (Å²) in [7, 11) is -2.89. The van der Waals surface area contributed by atoms with E-state index in [2.05, 4.69) is 124 Å². The highest BCUT2D eigenvalue weighted by Gasteiger charge is 2.48. The molecule has 11 aromatic rings. The van der Waals surface area contributed by atoms with E-state index >= 15 is 4.39 Å². The molecular weight excluding hydrogens is 732 g/mol. The first-order chi connectivity index (χ1) is 28.7. The molecule has 58 heavy (non-hydrogen) atoms. The average molecular weight is 765 g/mol. The Morgan fingerprint density at radius 3 is 2.02 bits per heavy atom. The lowest BCUT2D eigenvalue weighted by Gasteiger charge is -2.39. The van der Waals surface area contributed by atoms with E-state index in [9.17, 15) is 0 Å². The number of rotatable bonds is 5. The van der Waals surface area contributed by atoms with E-state index in [1.54, 1.807) is 12.4 Å². The third-order valence-electron chi connectivity index (χ3n) is 12.1. The molecule has 0 bridgehead atoms. The first-order valence-electron chi connectivity index (χ1n) is 19.5. The lowest BCUT2D eigenvalue weighted by molar-refractivity contribution is 0.402. The van der Waals surface area contributed by atoms with Gasteiger partial charge in [-0.05, 0) is 79.7 Å². The van der Waals surface area contributed by atoms with Gasteiger partial charge >= 0.3 is 0 Å². The molecule has 5 heterocycles. The summed E-state index contributed by atoms with van der Waals surface area (Å²) in [6, 6.07) is 60.9. The number of fused-ring (bicyclic) bond motifs is 12. The van der Waals surface area contributed by atoms with E-state index in [-0.39, 0.29) is 0 Å². The normalized spacial score (nSPS) is 13.8. The summed E-state index contributed by atoms with van der Waals surface area (Å²) >= 11 is 0. The third-order valence-corrected chi connectivity index (χ3v) is 16.9. The minimum absolute atomic E-state index is 0.560. The number of aromatic nitrogens is 4. The third kappa shape index (κ3) is 4.56. The van der Waals surface area contributed by atoms with Crippen molar-refractivity contribution in [2.45, 2.75) is 6.17 Å². The Labute approximate surface area is 333 Å². The molecule has 0 radical (unpaired) electrons. The first kappa shape index (κ1) is 32.8. The molecule has 274 valence electrons. The molecule has 0 N–H and O–H groups in total. The molecule has 0 amide bonds. The van der Waals surface area contributed by atoms with Crippen LogP contribution in [0.4, 0.5) is 4.39 Å². The van der Waals surface area contributed by atoms with Gasteiger partial charge in [0.25, 0.3) is 0 Å². The molecule has 0 saturated carbocycles. The van der Waals surface area contributed by atoms with Gasteiger partial charge in [0, 0.05) is 34.7 Å². The van der Waals surface area contributed by atoms with E-state index in [1.807, 2.05) is 66.9 Å². The monoisotopic (exact) mass is 764 g/mol. The topological polar surface area (TPSA) is 44.4 Å². The summed E-state index contributed by atoms with van der Waals surface area (Å²) < 4.78 is 28.5. The Bertz CT molecular complexity index is 3360. The number of pyridine rings is 2. The van der Waals surface area contributed by atoms with Gasteiger partial charge in [0.1, 0.15) is 23.0 Å². The highest BCUT2D eigenvalue weighted by Crippen LogP contribution is 2.43. The Kier molecular flexibility index (Phi) is 7.12. The van der Waals surface area contributed by atoms with Gasteiger partial charge in [-0.1, -0.05) is 133 Å². The van der Waals surface area contributed by atoms with Crippen LogP contribution in [0.25, 0.3) is 54.9 Å². The van der Waals surface area contributed by atoms with Crippen molar-refractivity contribution in [2.75, 3.05) is 0 Å². The molecule has 0 spiro atoms. The maximum absolute atomic E-state index is 17.2. The van der Waals surface area contributed by atoms with Crippen molar-refractivity contribution < 1.29 is 9.13 Å². The molecular formula is C51H33FN4OSi. The molecule has 1 aliphatic heterocycles. The second-order valence-electron chi connectivity index (χ2n) is 15.0. The Morgan fingerprint density at radius 2 is 1.22 bits per heavy atom. The zero-order valence-electron chi connectivity index (χ0n) is 31.1. The fourth-order valence-electron chi connectivity index (χ4n) is 9.61. The van der Waals surface area contributed by atoms with Gasteiger partial charge in [0.2, 0.25) is 0 Å². The predicted octanol–water partition coefficient (Wildman–Crippen LogP) is 9.67. The molecule has 1 atom stereocenters. The van der Waals surface area contributed by atoms with E-state index in [0.717, 1.165) is 66.4 Å². The highest BCUT2D eigenvalue weighted by molar-refractivity contribution is 7.21. The van der Waals surface area contributed by atoms with Crippen molar-refractivity contribution >= 4 is 77.9 Å². The van der Waals surface area contributed by atoms with E-state index in [0.29, 0.717) is 11.1 Å². The van der Waals surface area contributed by atoms with Crippen LogP contribution >= 0.6 is 0 Å². The van der Waals surface area contributed by atoms with Gasteiger partial charge in [0.05, 0.1) is 21.9 Å². The van der Waals surface area contributed by atoms with Crippen molar-refractivity contribution in [3.63, 3.8) is 0 Å². The number of imidazole rings is 1. The highest BCUT2D eigenvalue weighted by atomic mass is 28.3. The minimum Gasteiger partial charge on any atom is -0.457 e. The van der Waals surface area contributed by atoms with Crippen LogP contribution in [0.1, 0.15) is 17.3 Å². The summed E-state index contributed by atoms with van der Waals surface area (Å²) in [4.78, 5) is 9.54. The zero-order chi connectivity index (χ0) is 38.4. The summed E-state index contributed by atoms with van der Waals surface area (Å²) in [5, 5.41) is 9.98. The average Bonchev–Trinajstić information content (AvgIpc) is 3.93. The van der Waals surface area contributed by atoms with Crippen molar-refractivity contribution in [2.24, 2.45) is 0 Å². The maximum Gasteiger partial charge on any atom is 0.188 e. The van der Waals surface area contributed by atoms with Gasteiger partial charge in [-0.25, -0.2) is 14.4 Å². The number of ether oxygens (including phenoxy) is 1. The predicted molar refractivity (Wildman–Crippen MR) is 235 cm³/mol. The van der Waals surface area contributed by atoms with E-state index < -0.39 is 14.2 Å². The van der Waals surface area contributed by atoms with Crippen LogP contribution in [0.3, 0.4) is 0 Å². The SMILES string of the molecule is FC(c1ccc2c3ccccc3n3ccnc3c2c1)c1ccc2c3c4c(ccc3n(-c3ccccn3)c2c1)[Si](c1ccccc1)(c1ccccc1)c1ccccc1O4. The fourth-order valence-corrected chi connectivity index (χ4v) is 14.6. The minimum atomic E-state index is -2.89. The van der Waals surface area contributed by atoms with Crippen LogP contribution in [0.2, 0.25) is 0 Å². The number of para-hydroxylation sites is 2. The molecule has 0 aliphatic carbocycles. The molecule has 0 saturated heterocycles. The number of hydrogen-bond acceptors (Lipinski definition) is 3. The quantitative estimate of drug-likeness (QED) is 0.130. The second kappa shape index (κ2) is 12.6. The lowest BCUT2D eigenvalue weighted by Crippen LogP contribution is -2.76. The number of nitrogens with zero attached hydrogens (tertiary/aromatic N) is 4. The number of benzene rings is 7. The molecule has 0 fully saturated rings. The maximum atomic E-state index is 17.2. The van der Waals surface area contributed by atoms with Crippen molar-refractivity contribution in [3.8, 4) is 17.3 Å². The Balaban J connectivity index is 1.11. The smallest absolute Gasteiger partial charge is 0.188 e. The summed E-state index contributed by atoms with van der Waals surface area (Å²) in [5.41, 5.74) is 4.82. The number of alkyl halides is 1. The molecule has 5 nitrogen and oxygen atoms in total. The fraction of sp³-hybridized carbons (Fsp3) is 0.0196. The molecule has 12 rings (SSSR count). The van der Waals surface area contributed by atoms with Crippen molar-refractivity contribution in [3.05, 3.63) is 206 Å². The van der Waals surface area contributed by atoms with Gasteiger partial charge < -0.3 is 4.74 Å². The standard InChI is InChI=1S/C51H33FN4OSi/c52-49(33-22-24-37-38-17-7-8-18-41(38)55-30-29-54-51(55)40(37)31-33)34-23-25-39-43(32-34)56(47-21-11-12-28-53-47)42-26-27-46-50(48(39)42)57-44-19-9-10-20-45(44)58(46,35-13-3-1-4-14-35)36-15-5-2-6-16-36/h1-32,49H. The second-order valence-corrected chi connectivity index (χ2v) is 18.8. The number of hydrogen-bond donors (Lipinski definition) is 0. The molecule has 1 aliphatic rings. The van der Waals surface area contributed by atoms with Crippen LogP contribution < -0.4 is 25.5 Å². The van der Waals surface area contributed by atoms with Crippen LogP contribution in [-0.4, -0.2) is 27.0 Å². The largest absolute Gasteiger partial charge is 0.457 e. The molecule has 7 aromatic carbocycles. The Hall–Kier alpha value is -7.35. The summed E-state index contributed by atoms with van der Waals surface area (Å²) in [6.07, 6.45) is 4.18. The first-order valence-corrected chi connectivity index (χ1v) is 21.5. The molecule has 7 heteroatoms. The van der Waals surface area contributed by atoms with Crippen LogP contribution in [-0.2, 0) is 0 Å². The van der Waals surface area contributed by atoms with E-state index in [4.69, 9.17) is 14.7 Å². The van der Waals surface area contributed by atoms with Gasteiger partial charge in [-0.2, -0.15) is 0 Å². The van der Waals surface area contributed by atoms with Crippen LogP contribution in [0.15, 0.2) is 195 Å². The van der Waals surface area contributed by atoms with E-state index in [1.165, 1.54) is 20.7 Å². The van der Waals surface area contributed by atoms with Gasteiger partial charge in [-0.3, -0.25) is 8.97 Å². The Morgan fingerprint density at radius 1 is 0.517 bits per heavy atom. The molecule has 4 aromatic heterocycles. The summed E-state index contributed by atoms with van der Waals surface area (Å²) in [6.45, 7) is 0. The van der Waals surface area contributed by atoms with Gasteiger partial charge in [0.15, 0.2) is 14.2 Å². The van der Waals surface area contributed by atoms with Crippen LogP contribution in [0.5, 0.6) is 11.5 Å². The van der Waals surface area contributed by atoms with Gasteiger partial charge in [-0.15, -0.1) is 0 Å². The molecule has 1 unspecified atom stereocenters. The van der Waals surface area contributed by atoms with Crippen molar-refractivity contribution in [1.29, 1.82) is 0 Å². The zero-order valence-corrected chi connectivity index (χ0v) is 32.1. The van der Waals surface area contributed by atoms with Crippen LogP contribution in [0, 0.1) is 0 Å². The van der Waals surface area contributed by atoms with Crippen molar-refractivity contribution in [1.82, 2.24) is 18.9 Å².